The zero-order chi connectivity index (χ0) is 13.5. The maximum Gasteiger partial charge on any atom is 0.0555 e. The molecule has 1 aromatic rings. The van der Waals surface area contributed by atoms with Gasteiger partial charge in [0.1, 0.15) is 0 Å². The van der Waals surface area contributed by atoms with Crippen molar-refractivity contribution in [2.75, 3.05) is 20.1 Å². The van der Waals surface area contributed by atoms with Crippen LogP contribution in [0.15, 0.2) is 24.3 Å². The van der Waals surface area contributed by atoms with Gasteiger partial charge in [-0.2, -0.15) is 0 Å². The molecule has 0 spiro atoms. The Morgan fingerprint density at radius 3 is 2.84 bits per heavy atom. The van der Waals surface area contributed by atoms with E-state index in [1.165, 1.54) is 37.8 Å². The lowest BCUT2D eigenvalue weighted by atomic mass is 10.1. The fourth-order valence-corrected chi connectivity index (χ4v) is 2.91. The first-order valence-electron chi connectivity index (χ1n) is 7.24. The minimum absolute atomic E-state index is 0.422. The maximum absolute atomic E-state index is 5.40. The van der Waals surface area contributed by atoms with Crippen molar-refractivity contribution in [1.29, 1.82) is 0 Å². The van der Waals surface area contributed by atoms with Crippen molar-refractivity contribution in [3.63, 3.8) is 0 Å². The van der Waals surface area contributed by atoms with Crippen molar-refractivity contribution in [2.45, 2.75) is 32.2 Å². The molecule has 0 atom stereocenters. The van der Waals surface area contributed by atoms with Crippen molar-refractivity contribution < 1.29 is 0 Å². The topological polar surface area (TPSA) is 29.3 Å². The molecule has 2 rings (SSSR count). The second kappa shape index (κ2) is 7.33. The number of nitrogens with two attached hydrogens (primary N) is 1. The summed E-state index contributed by atoms with van der Waals surface area (Å²) >= 11 is 0. The quantitative estimate of drug-likeness (QED) is 0.839. The average molecular weight is 256 g/mol. The summed E-state index contributed by atoms with van der Waals surface area (Å²) in [6.07, 6.45) is 5.66. The zero-order valence-electron chi connectivity index (χ0n) is 11.9. The number of hydrogen-bond acceptors (Lipinski definition) is 2. The summed E-state index contributed by atoms with van der Waals surface area (Å²) in [7, 11) is 2.22. The summed E-state index contributed by atoms with van der Waals surface area (Å²) in [6, 6.07) is 8.48. The third-order valence-electron chi connectivity index (χ3n) is 3.76. The molecule has 2 N–H and O–H groups in total. The fraction of sp³-hybridized carbons (Fsp3) is 0.529. The summed E-state index contributed by atoms with van der Waals surface area (Å²) < 4.78 is 0. The molecule has 2 nitrogen and oxygen atoms in total. The lowest BCUT2D eigenvalue weighted by molar-refractivity contribution is 0.271. The summed E-state index contributed by atoms with van der Waals surface area (Å²) in [5, 5.41) is 0. The number of hydrogen-bond donors (Lipinski definition) is 1. The number of rotatable bonds is 4. The monoisotopic (exact) mass is 256 g/mol. The first-order valence-corrected chi connectivity index (χ1v) is 7.24. The van der Waals surface area contributed by atoms with Crippen molar-refractivity contribution in [1.82, 2.24) is 4.90 Å². The molecule has 0 amide bonds. The van der Waals surface area contributed by atoms with Crippen LogP contribution in [0.25, 0.3) is 0 Å². The van der Waals surface area contributed by atoms with Crippen LogP contribution in [-0.4, -0.2) is 25.0 Å². The maximum atomic E-state index is 5.40. The molecule has 0 bridgehead atoms. The Bertz CT molecular complexity index is 450. The van der Waals surface area contributed by atoms with E-state index in [9.17, 15) is 0 Å². The fourth-order valence-electron chi connectivity index (χ4n) is 2.91. The van der Waals surface area contributed by atoms with E-state index in [0.717, 1.165) is 18.0 Å². The minimum Gasteiger partial charge on any atom is -0.320 e. The van der Waals surface area contributed by atoms with E-state index in [0.29, 0.717) is 6.54 Å². The van der Waals surface area contributed by atoms with Crippen molar-refractivity contribution in [3.05, 3.63) is 35.4 Å². The van der Waals surface area contributed by atoms with Gasteiger partial charge in [-0.05, 0) is 43.5 Å². The summed E-state index contributed by atoms with van der Waals surface area (Å²) in [5.74, 6) is 6.91. The molecule has 19 heavy (non-hydrogen) atoms. The molecule has 1 aliphatic carbocycles. The van der Waals surface area contributed by atoms with Crippen LogP contribution in [0, 0.1) is 17.8 Å². The van der Waals surface area contributed by atoms with E-state index < -0.39 is 0 Å². The van der Waals surface area contributed by atoms with Gasteiger partial charge in [-0.3, -0.25) is 0 Å². The predicted octanol–water partition coefficient (Wildman–Crippen LogP) is 2.62. The molecular weight excluding hydrogens is 232 g/mol. The van der Waals surface area contributed by atoms with Gasteiger partial charge in [-0.1, -0.05) is 36.8 Å². The van der Waals surface area contributed by atoms with Crippen LogP contribution in [0.5, 0.6) is 0 Å². The molecule has 2 heteroatoms. The lowest BCUT2D eigenvalue weighted by Crippen LogP contribution is -2.24. The molecule has 0 aliphatic heterocycles. The number of benzene rings is 1. The summed E-state index contributed by atoms with van der Waals surface area (Å²) in [5.41, 5.74) is 7.81. The van der Waals surface area contributed by atoms with Gasteiger partial charge in [0, 0.05) is 18.7 Å². The SMILES string of the molecule is CN(Cc1cccc(C#CCN)c1)CC1CCCC1. The third-order valence-corrected chi connectivity index (χ3v) is 3.76. The number of nitrogens with zero attached hydrogens (tertiary/aromatic N) is 1. The summed E-state index contributed by atoms with van der Waals surface area (Å²) in [6.45, 7) is 2.65. The highest BCUT2D eigenvalue weighted by atomic mass is 15.1. The van der Waals surface area contributed by atoms with Gasteiger partial charge >= 0.3 is 0 Å². The smallest absolute Gasteiger partial charge is 0.0555 e. The molecule has 0 unspecified atom stereocenters. The first-order chi connectivity index (χ1) is 9.28. The Hall–Kier alpha value is -1.30. The van der Waals surface area contributed by atoms with Crippen LogP contribution < -0.4 is 5.73 Å². The molecule has 0 heterocycles. The Kier molecular flexibility index (Phi) is 5.44. The van der Waals surface area contributed by atoms with Crippen LogP contribution in [0.2, 0.25) is 0 Å². The van der Waals surface area contributed by atoms with Gasteiger partial charge in [0.25, 0.3) is 0 Å². The molecule has 1 fully saturated rings. The van der Waals surface area contributed by atoms with Gasteiger partial charge in [0.15, 0.2) is 0 Å². The van der Waals surface area contributed by atoms with E-state index in [2.05, 4.69) is 42.0 Å². The van der Waals surface area contributed by atoms with Crippen LogP contribution in [0.4, 0.5) is 0 Å². The minimum atomic E-state index is 0.422. The van der Waals surface area contributed by atoms with Crippen LogP contribution in [0.3, 0.4) is 0 Å². The Morgan fingerprint density at radius 2 is 2.11 bits per heavy atom. The highest BCUT2D eigenvalue weighted by molar-refractivity contribution is 5.37. The van der Waals surface area contributed by atoms with Gasteiger partial charge in [-0.15, -0.1) is 0 Å². The molecule has 1 aliphatic rings. The van der Waals surface area contributed by atoms with Crippen LogP contribution in [0.1, 0.15) is 36.8 Å². The standard InChI is InChI=1S/C17H24N2/c1-19(13-16-6-2-3-7-16)14-17-9-4-8-15(12-17)10-5-11-18/h4,8-9,12,16H,2-3,6-7,11,13-14,18H2,1H3. The molecular formula is C17H24N2. The van der Waals surface area contributed by atoms with E-state index >= 15 is 0 Å². The Balaban J connectivity index is 1.90. The molecule has 1 saturated carbocycles. The van der Waals surface area contributed by atoms with E-state index in [1.54, 1.807) is 0 Å². The van der Waals surface area contributed by atoms with Crippen LogP contribution >= 0.6 is 0 Å². The highest BCUT2D eigenvalue weighted by Crippen LogP contribution is 2.25. The normalized spacial score (nSPS) is 15.5. The molecule has 0 radical (unpaired) electrons. The molecule has 0 aromatic heterocycles. The van der Waals surface area contributed by atoms with Crippen molar-refractivity contribution in [3.8, 4) is 11.8 Å². The lowest BCUT2D eigenvalue weighted by Gasteiger charge is -2.20. The van der Waals surface area contributed by atoms with Crippen molar-refractivity contribution in [2.24, 2.45) is 11.7 Å². The van der Waals surface area contributed by atoms with Gasteiger partial charge < -0.3 is 10.6 Å². The van der Waals surface area contributed by atoms with E-state index in [4.69, 9.17) is 5.73 Å². The Labute approximate surface area is 117 Å². The summed E-state index contributed by atoms with van der Waals surface area (Å²) in [4.78, 5) is 2.44. The largest absolute Gasteiger partial charge is 0.320 e. The second-order valence-electron chi connectivity index (χ2n) is 5.55. The van der Waals surface area contributed by atoms with Gasteiger partial charge in [0.05, 0.1) is 6.54 Å². The first kappa shape index (κ1) is 14.1. The van der Waals surface area contributed by atoms with Gasteiger partial charge in [-0.25, -0.2) is 0 Å². The second-order valence-corrected chi connectivity index (χ2v) is 5.55. The van der Waals surface area contributed by atoms with Crippen molar-refractivity contribution >= 4 is 0 Å². The molecule has 1 aromatic carbocycles. The average Bonchev–Trinajstić information content (AvgIpc) is 2.89. The molecule has 102 valence electrons. The predicted molar refractivity (Wildman–Crippen MR) is 80.7 cm³/mol. The van der Waals surface area contributed by atoms with Gasteiger partial charge in [0.2, 0.25) is 0 Å². The van der Waals surface area contributed by atoms with E-state index in [1.807, 2.05) is 6.07 Å². The zero-order valence-corrected chi connectivity index (χ0v) is 11.9. The van der Waals surface area contributed by atoms with E-state index in [-0.39, 0.29) is 0 Å². The van der Waals surface area contributed by atoms with Crippen LogP contribution in [-0.2, 0) is 6.54 Å². The Morgan fingerprint density at radius 1 is 1.32 bits per heavy atom. The third kappa shape index (κ3) is 4.70. The molecule has 0 saturated heterocycles. The highest BCUT2D eigenvalue weighted by Gasteiger charge is 2.16.